The molecule has 0 aliphatic carbocycles. The molecule has 9 heteroatoms. The van der Waals surface area contributed by atoms with Crippen LogP contribution in [0.4, 0.5) is 15.8 Å². The second-order valence-electron chi connectivity index (χ2n) is 5.12. The van der Waals surface area contributed by atoms with Crippen molar-refractivity contribution in [2.75, 3.05) is 19.0 Å². The van der Waals surface area contributed by atoms with Gasteiger partial charge in [-0.15, -0.1) is 0 Å². The lowest BCUT2D eigenvalue weighted by atomic mass is 10.1. The number of halogens is 1. The minimum atomic E-state index is -0.763. The molecule has 0 saturated heterocycles. The summed E-state index contributed by atoms with van der Waals surface area (Å²) in [5, 5.41) is 13.2. The third-order valence-electron chi connectivity index (χ3n) is 3.33. The summed E-state index contributed by atoms with van der Waals surface area (Å²) in [5.41, 5.74) is 0.152. The monoisotopic (exact) mass is 362 g/mol. The number of methoxy groups -OCH3 is 1. The molecule has 2 aromatic carbocycles. The van der Waals surface area contributed by atoms with Gasteiger partial charge in [0.1, 0.15) is 11.6 Å². The summed E-state index contributed by atoms with van der Waals surface area (Å²) in [4.78, 5) is 33.7. The molecule has 0 aliphatic rings. The summed E-state index contributed by atoms with van der Waals surface area (Å²) in [6.45, 7) is -0.590. The highest BCUT2D eigenvalue weighted by molar-refractivity contribution is 5.94. The molecule has 1 amide bonds. The standard InChI is InChI=1S/C17H15FN2O6/c1-25-15-9-12(20(23)24)6-7-14(15)19-16(21)10-26-17(22)8-11-4-2-3-5-13(11)18/h2-7,9H,8,10H2,1H3,(H,19,21). The molecule has 0 aliphatic heterocycles. The van der Waals surface area contributed by atoms with Crippen LogP contribution in [0.2, 0.25) is 0 Å². The van der Waals surface area contributed by atoms with E-state index >= 15 is 0 Å². The van der Waals surface area contributed by atoms with Crippen LogP contribution in [0.5, 0.6) is 5.75 Å². The van der Waals surface area contributed by atoms with Crippen molar-refractivity contribution in [1.82, 2.24) is 0 Å². The highest BCUT2D eigenvalue weighted by Gasteiger charge is 2.15. The van der Waals surface area contributed by atoms with Gasteiger partial charge in [0.15, 0.2) is 6.61 Å². The Bertz CT molecular complexity index is 840. The molecule has 0 heterocycles. The smallest absolute Gasteiger partial charge is 0.310 e. The number of nitro benzene ring substituents is 1. The van der Waals surface area contributed by atoms with Crippen molar-refractivity contribution in [2.45, 2.75) is 6.42 Å². The first-order valence-corrected chi connectivity index (χ1v) is 7.42. The average molecular weight is 362 g/mol. The molecule has 1 N–H and O–H groups in total. The first kappa shape index (κ1) is 18.8. The molecule has 0 saturated carbocycles. The van der Waals surface area contributed by atoms with E-state index in [1.807, 2.05) is 0 Å². The van der Waals surface area contributed by atoms with E-state index in [2.05, 4.69) is 5.32 Å². The Labute approximate surface area is 147 Å². The molecular weight excluding hydrogens is 347 g/mol. The van der Waals surface area contributed by atoms with Gasteiger partial charge < -0.3 is 14.8 Å². The van der Waals surface area contributed by atoms with Crippen LogP contribution in [0.15, 0.2) is 42.5 Å². The first-order chi connectivity index (χ1) is 12.4. The number of carbonyl (C=O) groups excluding carboxylic acids is 2. The minimum Gasteiger partial charge on any atom is -0.494 e. The van der Waals surface area contributed by atoms with Gasteiger partial charge >= 0.3 is 5.97 Å². The number of nitro groups is 1. The summed E-state index contributed by atoms with van der Waals surface area (Å²) in [6.07, 6.45) is -0.305. The van der Waals surface area contributed by atoms with Crippen molar-refractivity contribution >= 4 is 23.3 Å². The fourth-order valence-corrected chi connectivity index (χ4v) is 2.08. The topological polar surface area (TPSA) is 108 Å². The van der Waals surface area contributed by atoms with Crippen LogP contribution in [0.1, 0.15) is 5.56 Å². The molecule has 136 valence electrons. The maximum Gasteiger partial charge on any atom is 0.310 e. The predicted octanol–water partition coefficient (Wildman–Crippen LogP) is 2.47. The summed E-state index contributed by atoms with van der Waals surface area (Å²) < 4.78 is 23.3. The van der Waals surface area contributed by atoms with Crippen LogP contribution in [-0.2, 0) is 20.7 Å². The number of carbonyl (C=O) groups is 2. The summed E-state index contributed by atoms with van der Waals surface area (Å²) in [5.74, 6) is -1.88. The average Bonchev–Trinajstić information content (AvgIpc) is 2.62. The molecule has 2 rings (SSSR count). The van der Waals surface area contributed by atoms with Crippen molar-refractivity contribution in [3.63, 3.8) is 0 Å². The Morgan fingerprint density at radius 1 is 1.23 bits per heavy atom. The van der Waals surface area contributed by atoms with Crippen molar-refractivity contribution in [2.24, 2.45) is 0 Å². The van der Waals surface area contributed by atoms with E-state index in [-0.39, 0.29) is 29.1 Å². The van der Waals surface area contributed by atoms with Crippen molar-refractivity contribution in [1.29, 1.82) is 0 Å². The summed E-state index contributed by atoms with van der Waals surface area (Å²) >= 11 is 0. The number of esters is 1. The lowest BCUT2D eigenvalue weighted by Gasteiger charge is -2.10. The number of hydrogen-bond acceptors (Lipinski definition) is 6. The molecule has 0 atom stereocenters. The van der Waals surface area contributed by atoms with E-state index in [1.165, 1.54) is 37.4 Å². The largest absolute Gasteiger partial charge is 0.494 e. The number of benzene rings is 2. The second-order valence-corrected chi connectivity index (χ2v) is 5.12. The third kappa shape index (κ3) is 5.00. The van der Waals surface area contributed by atoms with Gasteiger partial charge in [0, 0.05) is 6.07 Å². The highest BCUT2D eigenvalue weighted by atomic mass is 19.1. The van der Waals surface area contributed by atoms with Gasteiger partial charge in [-0.1, -0.05) is 18.2 Å². The predicted molar refractivity (Wildman–Crippen MR) is 89.3 cm³/mol. The maximum absolute atomic E-state index is 13.5. The highest BCUT2D eigenvalue weighted by Crippen LogP contribution is 2.28. The first-order valence-electron chi connectivity index (χ1n) is 7.42. The van der Waals surface area contributed by atoms with Gasteiger partial charge in [-0.05, 0) is 17.7 Å². The zero-order valence-electron chi connectivity index (χ0n) is 13.7. The normalized spacial score (nSPS) is 10.1. The number of amides is 1. The van der Waals surface area contributed by atoms with Crippen LogP contribution in [-0.4, -0.2) is 30.5 Å². The second kappa shape index (κ2) is 8.56. The van der Waals surface area contributed by atoms with Gasteiger partial charge in [0.25, 0.3) is 11.6 Å². The summed E-state index contributed by atoms with van der Waals surface area (Å²) in [6, 6.07) is 9.39. The SMILES string of the molecule is COc1cc([N+](=O)[O-])ccc1NC(=O)COC(=O)Cc1ccccc1F. The van der Waals surface area contributed by atoms with Gasteiger partial charge in [-0.25, -0.2) is 4.39 Å². The number of nitrogens with zero attached hydrogens (tertiary/aromatic N) is 1. The third-order valence-corrected chi connectivity index (χ3v) is 3.33. The Morgan fingerprint density at radius 3 is 2.62 bits per heavy atom. The van der Waals surface area contributed by atoms with Crippen molar-refractivity contribution in [3.8, 4) is 5.75 Å². The lowest BCUT2D eigenvalue weighted by molar-refractivity contribution is -0.384. The van der Waals surface area contributed by atoms with E-state index in [4.69, 9.17) is 9.47 Å². The molecule has 0 unspecified atom stereocenters. The van der Waals surface area contributed by atoms with Gasteiger partial charge in [0.2, 0.25) is 0 Å². The zero-order chi connectivity index (χ0) is 19.1. The molecule has 2 aromatic rings. The molecule has 8 nitrogen and oxygen atoms in total. The molecule has 0 bridgehead atoms. The Balaban J connectivity index is 1.91. The van der Waals surface area contributed by atoms with Crippen molar-refractivity contribution < 1.29 is 28.4 Å². The number of anilines is 1. The molecule has 0 fully saturated rings. The number of ether oxygens (including phenoxy) is 2. The van der Waals surface area contributed by atoms with E-state index in [0.29, 0.717) is 0 Å². The minimum absolute atomic E-state index is 0.0882. The van der Waals surface area contributed by atoms with E-state index in [0.717, 1.165) is 6.07 Å². The summed E-state index contributed by atoms with van der Waals surface area (Å²) in [7, 11) is 1.29. The zero-order valence-corrected chi connectivity index (χ0v) is 13.7. The molecule has 26 heavy (non-hydrogen) atoms. The lowest BCUT2D eigenvalue weighted by Crippen LogP contribution is -2.22. The van der Waals surface area contributed by atoms with Crippen molar-refractivity contribution in [3.05, 3.63) is 64.0 Å². The van der Waals surface area contributed by atoms with Crippen LogP contribution in [0.25, 0.3) is 0 Å². The molecule has 0 radical (unpaired) electrons. The fraction of sp³-hybridized carbons (Fsp3) is 0.176. The fourth-order valence-electron chi connectivity index (χ4n) is 2.08. The number of non-ortho nitro benzene ring substituents is 1. The van der Waals surface area contributed by atoms with Crippen LogP contribution >= 0.6 is 0 Å². The number of rotatable bonds is 7. The Morgan fingerprint density at radius 2 is 1.96 bits per heavy atom. The number of hydrogen-bond donors (Lipinski definition) is 1. The Kier molecular flexibility index (Phi) is 6.20. The van der Waals surface area contributed by atoms with E-state index in [1.54, 1.807) is 6.07 Å². The molecular formula is C17H15FN2O6. The van der Waals surface area contributed by atoms with Crippen LogP contribution in [0.3, 0.4) is 0 Å². The molecule has 0 aromatic heterocycles. The number of nitrogens with one attached hydrogen (secondary N) is 1. The van der Waals surface area contributed by atoms with Gasteiger partial charge in [-0.3, -0.25) is 19.7 Å². The quantitative estimate of drug-likeness (QED) is 0.460. The molecule has 0 spiro atoms. The van der Waals surface area contributed by atoms with Crippen LogP contribution < -0.4 is 10.1 Å². The Hall–Kier alpha value is -3.49. The van der Waals surface area contributed by atoms with Gasteiger partial charge in [0.05, 0.1) is 30.2 Å². The van der Waals surface area contributed by atoms with Crippen LogP contribution in [0, 0.1) is 15.9 Å². The van der Waals surface area contributed by atoms with E-state index < -0.39 is 29.2 Å². The van der Waals surface area contributed by atoms with Gasteiger partial charge in [-0.2, -0.15) is 0 Å². The van der Waals surface area contributed by atoms with E-state index in [9.17, 15) is 24.1 Å². The maximum atomic E-state index is 13.5.